The fourth-order valence-corrected chi connectivity index (χ4v) is 4.36. The van der Waals surface area contributed by atoms with Crippen molar-refractivity contribution in [3.8, 4) is 11.3 Å². The number of alkyl halides is 3. The van der Waals surface area contributed by atoms with Crippen LogP contribution >= 0.6 is 42.4 Å². The van der Waals surface area contributed by atoms with Gasteiger partial charge in [-0.05, 0) is 29.8 Å². The van der Waals surface area contributed by atoms with Gasteiger partial charge in [0.15, 0.2) is 0 Å². The molecule has 1 heterocycles. The highest BCUT2D eigenvalue weighted by molar-refractivity contribution is 7.61. The summed E-state index contributed by atoms with van der Waals surface area (Å²) in [6.45, 7) is 6.79. The molecule has 0 radical (unpaired) electrons. The lowest BCUT2D eigenvalue weighted by Gasteiger charge is -2.16. The maximum absolute atomic E-state index is 13.0. The summed E-state index contributed by atoms with van der Waals surface area (Å²) in [5.41, 5.74) is -0.205. The van der Waals surface area contributed by atoms with Crippen LogP contribution in [0.2, 0.25) is 10.0 Å². The molecule has 1 aromatic carbocycles. The fraction of sp³-hybridized carbons (Fsp3) is 0.150. The lowest BCUT2D eigenvalue weighted by Crippen LogP contribution is -2.05. The van der Waals surface area contributed by atoms with Crippen LogP contribution < -0.4 is 0 Å². The average molecular weight is 513 g/mol. The molecule has 0 saturated heterocycles. The predicted octanol–water partition coefficient (Wildman–Crippen LogP) is 8.21. The highest BCUT2D eigenvalue weighted by Crippen LogP contribution is 2.58. The Bertz CT molecular complexity index is 1040. The summed E-state index contributed by atoms with van der Waals surface area (Å²) in [6, 6.07) is 5.26. The summed E-state index contributed by atoms with van der Waals surface area (Å²) < 4.78 is 61.7. The van der Waals surface area contributed by atoms with Gasteiger partial charge < -0.3 is 9.05 Å². The van der Waals surface area contributed by atoms with Crippen molar-refractivity contribution in [1.29, 1.82) is 0 Å². The average Bonchev–Trinajstić information content (AvgIpc) is 2.71. The summed E-state index contributed by atoms with van der Waals surface area (Å²) in [5, 5.41) is 0.0244. The van der Waals surface area contributed by atoms with Gasteiger partial charge in [0, 0.05) is 16.8 Å². The second kappa shape index (κ2) is 10.8. The summed E-state index contributed by atoms with van der Waals surface area (Å²) in [5.74, 6) is 0. The van der Waals surface area contributed by atoms with Crippen LogP contribution in [0.25, 0.3) is 17.3 Å². The van der Waals surface area contributed by atoms with Crippen LogP contribution in [0.4, 0.5) is 13.2 Å². The van der Waals surface area contributed by atoms with Crippen molar-refractivity contribution in [2.24, 2.45) is 0 Å². The molecule has 2 rings (SSSR count). The van der Waals surface area contributed by atoms with E-state index < -0.39 is 19.3 Å². The van der Waals surface area contributed by atoms with Crippen LogP contribution in [-0.4, -0.2) is 18.2 Å². The largest absolute Gasteiger partial charge is 0.417 e. The van der Waals surface area contributed by atoms with Gasteiger partial charge in [0.1, 0.15) is 4.77 Å². The van der Waals surface area contributed by atoms with Gasteiger partial charge in [-0.25, -0.2) is 0 Å². The molecule has 0 aliphatic carbocycles. The van der Waals surface area contributed by atoms with Crippen molar-refractivity contribution in [3.05, 3.63) is 81.7 Å². The van der Waals surface area contributed by atoms with E-state index in [1.807, 2.05) is 0 Å². The standard InChI is InChI=1S/C20H16Cl3F3NO3P/c1-3-7-29-31(28,30-8-4-2)18(23)10-14-9-13(5-6-16(14)21)19-17(22)11-15(12-27-19)20(24,25)26/h3-6,9-12H,1-2,7-8H2. The molecular weight excluding hydrogens is 497 g/mol. The number of halogens is 6. The van der Waals surface area contributed by atoms with E-state index in [2.05, 4.69) is 18.1 Å². The first-order valence-corrected chi connectivity index (χ1v) is 11.2. The van der Waals surface area contributed by atoms with Crippen molar-refractivity contribution < 1.29 is 26.8 Å². The molecule has 4 nitrogen and oxygen atoms in total. The van der Waals surface area contributed by atoms with E-state index in [1.165, 1.54) is 36.4 Å². The van der Waals surface area contributed by atoms with Crippen LogP contribution in [0.5, 0.6) is 0 Å². The first kappa shape index (κ1) is 25.7. The Labute approximate surface area is 192 Å². The minimum atomic E-state index is -4.57. The molecule has 0 aliphatic rings. The van der Waals surface area contributed by atoms with Crippen LogP contribution in [0.3, 0.4) is 0 Å². The molecule has 166 valence electrons. The number of benzene rings is 1. The van der Waals surface area contributed by atoms with Gasteiger partial charge in [-0.3, -0.25) is 9.55 Å². The summed E-state index contributed by atoms with van der Waals surface area (Å²) in [6.07, 6.45) is 0.131. The van der Waals surface area contributed by atoms with Crippen LogP contribution in [0, 0.1) is 0 Å². The van der Waals surface area contributed by atoms with Crippen LogP contribution in [0.1, 0.15) is 11.1 Å². The highest BCUT2D eigenvalue weighted by Gasteiger charge is 2.32. The molecule has 0 saturated carbocycles. The maximum atomic E-state index is 13.0. The Kier molecular flexibility index (Phi) is 8.95. The Hall–Kier alpha value is -1.60. The minimum absolute atomic E-state index is 0.0860. The Morgan fingerprint density at radius 1 is 1.10 bits per heavy atom. The summed E-state index contributed by atoms with van der Waals surface area (Å²) in [4.78, 5) is 3.82. The summed E-state index contributed by atoms with van der Waals surface area (Å²) >= 11 is 18.4. The molecule has 0 spiro atoms. The number of hydrogen-bond acceptors (Lipinski definition) is 4. The number of aromatic nitrogens is 1. The summed E-state index contributed by atoms with van der Waals surface area (Å²) in [7, 11) is -3.89. The Morgan fingerprint density at radius 3 is 2.23 bits per heavy atom. The van der Waals surface area contributed by atoms with Gasteiger partial charge in [0.05, 0.1) is 29.5 Å². The molecule has 0 N–H and O–H groups in total. The Morgan fingerprint density at radius 2 is 1.71 bits per heavy atom. The number of pyridine rings is 1. The van der Waals surface area contributed by atoms with Gasteiger partial charge >= 0.3 is 13.8 Å². The number of rotatable bonds is 9. The van der Waals surface area contributed by atoms with E-state index >= 15 is 0 Å². The van der Waals surface area contributed by atoms with Gasteiger partial charge in [-0.1, -0.05) is 53.0 Å². The quantitative estimate of drug-likeness (QED) is 0.251. The van der Waals surface area contributed by atoms with E-state index in [0.29, 0.717) is 17.3 Å². The van der Waals surface area contributed by atoms with Gasteiger partial charge in [0.2, 0.25) is 0 Å². The van der Waals surface area contributed by atoms with E-state index in [4.69, 9.17) is 43.9 Å². The van der Waals surface area contributed by atoms with Crippen molar-refractivity contribution in [2.45, 2.75) is 6.18 Å². The molecule has 31 heavy (non-hydrogen) atoms. The molecule has 0 atom stereocenters. The predicted molar refractivity (Wildman–Crippen MR) is 118 cm³/mol. The second-order valence-corrected chi connectivity index (χ2v) is 9.40. The van der Waals surface area contributed by atoms with Crippen molar-refractivity contribution in [2.75, 3.05) is 13.2 Å². The third kappa shape index (κ3) is 6.69. The number of hydrogen-bond donors (Lipinski definition) is 0. The molecule has 0 amide bonds. The lowest BCUT2D eigenvalue weighted by atomic mass is 10.1. The smallest absolute Gasteiger partial charge is 0.300 e. The minimum Gasteiger partial charge on any atom is -0.300 e. The van der Waals surface area contributed by atoms with Gasteiger partial charge in [-0.15, -0.1) is 13.2 Å². The highest BCUT2D eigenvalue weighted by atomic mass is 35.5. The fourth-order valence-electron chi connectivity index (χ4n) is 2.28. The molecule has 11 heteroatoms. The van der Waals surface area contributed by atoms with Crippen molar-refractivity contribution >= 4 is 48.5 Å². The lowest BCUT2D eigenvalue weighted by molar-refractivity contribution is -0.137. The first-order valence-electron chi connectivity index (χ1n) is 8.53. The normalized spacial score (nSPS) is 12.6. The molecular formula is C20H16Cl3F3NO3P. The first-order chi connectivity index (χ1) is 14.5. The molecule has 2 aromatic rings. The van der Waals surface area contributed by atoms with E-state index in [1.54, 1.807) is 0 Å². The second-order valence-electron chi connectivity index (χ2n) is 5.92. The molecule has 0 aliphatic heterocycles. The zero-order chi connectivity index (χ0) is 23.2. The van der Waals surface area contributed by atoms with Crippen molar-refractivity contribution in [3.63, 3.8) is 0 Å². The zero-order valence-corrected chi connectivity index (χ0v) is 19.0. The third-order valence-electron chi connectivity index (χ3n) is 3.70. The van der Waals surface area contributed by atoms with Gasteiger partial charge in [-0.2, -0.15) is 13.2 Å². The van der Waals surface area contributed by atoms with E-state index in [0.717, 1.165) is 6.07 Å². The van der Waals surface area contributed by atoms with E-state index in [9.17, 15) is 17.7 Å². The van der Waals surface area contributed by atoms with Crippen LogP contribution in [-0.2, 0) is 19.8 Å². The molecule has 0 fully saturated rings. The van der Waals surface area contributed by atoms with E-state index in [-0.39, 0.29) is 33.7 Å². The molecule has 0 bridgehead atoms. The Balaban J connectivity index is 2.47. The monoisotopic (exact) mass is 511 g/mol. The zero-order valence-electron chi connectivity index (χ0n) is 15.8. The SMILES string of the molecule is C=CCOP(=O)(OCC=C)C(Cl)=Cc1cc(-c2ncc(C(F)(F)F)cc2Cl)ccc1Cl. The molecule has 1 aromatic heterocycles. The van der Waals surface area contributed by atoms with Crippen molar-refractivity contribution in [1.82, 2.24) is 4.98 Å². The van der Waals surface area contributed by atoms with Gasteiger partial charge in [0.25, 0.3) is 0 Å². The van der Waals surface area contributed by atoms with Crippen LogP contribution in [0.15, 0.2) is 60.5 Å². The maximum Gasteiger partial charge on any atom is 0.417 e. The topological polar surface area (TPSA) is 48.4 Å². The number of nitrogens with zero attached hydrogens (tertiary/aromatic N) is 1. The third-order valence-corrected chi connectivity index (χ3v) is 6.69. The molecule has 0 unspecified atom stereocenters.